The maximum atomic E-state index is 13.2. The van der Waals surface area contributed by atoms with Gasteiger partial charge in [-0.25, -0.2) is 9.59 Å². The van der Waals surface area contributed by atoms with Gasteiger partial charge < -0.3 is 28.7 Å². The molecule has 0 spiro atoms. The van der Waals surface area contributed by atoms with Crippen molar-refractivity contribution in [2.24, 2.45) is 10.8 Å². The van der Waals surface area contributed by atoms with Gasteiger partial charge in [0.25, 0.3) is 0 Å². The van der Waals surface area contributed by atoms with Crippen LogP contribution in [0.2, 0.25) is 0 Å². The lowest BCUT2D eigenvalue weighted by Crippen LogP contribution is -2.32. The Labute approximate surface area is 294 Å². The van der Waals surface area contributed by atoms with Crippen LogP contribution in [0.4, 0.5) is 0 Å². The first-order chi connectivity index (χ1) is 23.8. The molecule has 0 aromatic heterocycles. The van der Waals surface area contributed by atoms with Crippen molar-refractivity contribution in [1.82, 2.24) is 9.80 Å². The summed E-state index contributed by atoms with van der Waals surface area (Å²) in [4.78, 5) is 30.6. The van der Waals surface area contributed by atoms with Crippen molar-refractivity contribution in [3.8, 4) is 24.3 Å². The highest BCUT2D eigenvalue weighted by Crippen LogP contribution is 2.46. The van der Waals surface area contributed by atoms with E-state index in [1.165, 1.54) is 12.5 Å². The Morgan fingerprint density at radius 2 is 1.10 bits per heavy atom. The number of esters is 2. The second kappa shape index (κ2) is 15.8. The number of nitriles is 4. The average Bonchev–Trinajstić information content (AvgIpc) is 3.73. The molecule has 2 atom stereocenters. The van der Waals surface area contributed by atoms with E-state index >= 15 is 0 Å². The monoisotopic (exact) mass is 680 g/mol. The number of rotatable bonds is 11. The Hall–Kier alpha value is -5.46. The minimum atomic E-state index is -0.936. The molecule has 4 aliphatic rings. The molecule has 12 heteroatoms. The van der Waals surface area contributed by atoms with E-state index in [-0.39, 0.29) is 58.5 Å². The molecule has 0 amide bonds. The van der Waals surface area contributed by atoms with E-state index in [1.54, 1.807) is 0 Å². The van der Waals surface area contributed by atoms with E-state index < -0.39 is 11.9 Å². The molecular formula is C38H44N6O6. The van der Waals surface area contributed by atoms with Crippen molar-refractivity contribution in [2.75, 3.05) is 39.4 Å². The van der Waals surface area contributed by atoms with E-state index in [2.05, 4.69) is 35.1 Å². The number of allylic oxidation sites excluding steroid dienone is 6. The largest absolute Gasteiger partial charge is 0.497 e. The second-order valence-corrected chi connectivity index (χ2v) is 14.4. The van der Waals surface area contributed by atoms with Crippen LogP contribution < -0.4 is 0 Å². The third kappa shape index (κ3) is 8.39. The zero-order valence-electron chi connectivity index (χ0n) is 29.3. The maximum Gasteiger partial charge on any atom is 0.349 e. The van der Waals surface area contributed by atoms with E-state index in [4.69, 9.17) is 18.9 Å². The smallest absolute Gasteiger partial charge is 0.349 e. The molecule has 2 unspecified atom stereocenters. The lowest BCUT2D eigenvalue weighted by Gasteiger charge is -2.37. The Morgan fingerprint density at radius 3 is 1.42 bits per heavy atom. The van der Waals surface area contributed by atoms with Crippen molar-refractivity contribution in [3.05, 3.63) is 70.5 Å². The molecular weight excluding hydrogens is 636 g/mol. The number of hydrogen-bond acceptors (Lipinski definition) is 12. The molecule has 0 aromatic rings. The number of hydrogen-bond donors (Lipinski definition) is 0. The molecule has 2 saturated heterocycles. The molecule has 12 nitrogen and oxygen atoms in total. The summed E-state index contributed by atoms with van der Waals surface area (Å²) in [7, 11) is 0. The molecule has 50 heavy (non-hydrogen) atoms. The minimum Gasteiger partial charge on any atom is -0.497 e. The number of nitrogens with zero attached hydrogens (tertiary/aromatic N) is 6. The fourth-order valence-corrected chi connectivity index (χ4v) is 7.25. The van der Waals surface area contributed by atoms with Crippen LogP contribution in [0.3, 0.4) is 0 Å². The number of carbonyl (C=O) groups is 2. The lowest BCUT2D eigenvalue weighted by molar-refractivity contribution is -0.146. The molecule has 0 radical (unpaired) electrons. The normalized spacial score (nSPS) is 24.6. The summed E-state index contributed by atoms with van der Waals surface area (Å²) in [6.45, 7) is 17.0. The predicted molar refractivity (Wildman–Crippen MR) is 181 cm³/mol. The van der Waals surface area contributed by atoms with Gasteiger partial charge in [-0.1, -0.05) is 40.9 Å². The van der Waals surface area contributed by atoms with Crippen molar-refractivity contribution in [2.45, 2.75) is 78.4 Å². The standard InChI is InChI=1S/C38H44N6O6/c1-7-47-25-9-11-43(23-25)33-17-37(3,4)15-27(29(33)19-39)31(21-41)35(45)49-13-14-50-36(46)32(22-42)28-16-38(5,6)18-34(30(28)20-40)44-12-10-26(24-44)48-8-2/h7-8,25-26H,1-2,9-18,23-24H2,3-6H3/b31-27+,32-28+. The van der Waals surface area contributed by atoms with E-state index in [9.17, 15) is 30.6 Å². The van der Waals surface area contributed by atoms with Crippen molar-refractivity contribution < 1.29 is 28.5 Å². The van der Waals surface area contributed by atoms with Crippen LogP contribution in [0.25, 0.3) is 0 Å². The average molecular weight is 681 g/mol. The van der Waals surface area contributed by atoms with Gasteiger partial charge in [-0.15, -0.1) is 0 Å². The highest BCUT2D eigenvalue weighted by molar-refractivity contribution is 5.96. The van der Waals surface area contributed by atoms with E-state index in [0.29, 0.717) is 63.0 Å². The summed E-state index contributed by atoms with van der Waals surface area (Å²) < 4.78 is 21.8. The molecule has 0 saturated carbocycles. The Morgan fingerprint density at radius 1 is 0.720 bits per heavy atom. The summed E-state index contributed by atoms with van der Waals surface area (Å²) in [5, 5.41) is 40.5. The van der Waals surface area contributed by atoms with Crippen LogP contribution in [-0.4, -0.2) is 73.3 Å². The van der Waals surface area contributed by atoms with Crippen LogP contribution in [0.1, 0.15) is 66.2 Å². The number of likely N-dealkylation sites (tertiary alicyclic amines) is 2. The summed E-state index contributed by atoms with van der Waals surface area (Å²) in [6.07, 6.45) is 5.99. The van der Waals surface area contributed by atoms with Crippen molar-refractivity contribution in [1.29, 1.82) is 21.0 Å². The fraction of sp³-hybridized carbons (Fsp3) is 0.526. The van der Waals surface area contributed by atoms with Gasteiger partial charge in [0, 0.05) is 37.3 Å². The molecule has 262 valence electrons. The zero-order chi connectivity index (χ0) is 36.6. The molecule has 4 rings (SSSR count). The van der Waals surface area contributed by atoms with Crippen LogP contribution in [0, 0.1) is 56.2 Å². The maximum absolute atomic E-state index is 13.2. The fourth-order valence-electron chi connectivity index (χ4n) is 7.25. The quantitative estimate of drug-likeness (QED) is 0.0898. The topological polar surface area (TPSA) is 173 Å². The summed E-state index contributed by atoms with van der Waals surface area (Å²) in [5.74, 6) is -1.87. The van der Waals surface area contributed by atoms with Gasteiger partial charge in [0.15, 0.2) is 0 Å². The molecule has 0 bridgehead atoms. The van der Waals surface area contributed by atoms with Crippen molar-refractivity contribution >= 4 is 11.9 Å². The molecule has 0 aromatic carbocycles. The van der Waals surface area contributed by atoms with Gasteiger partial charge in [0.2, 0.25) is 0 Å². The van der Waals surface area contributed by atoms with Gasteiger partial charge in [0.05, 0.1) is 36.8 Å². The van der Waals surface area contributed by atoms with Crippen LogP contribution in [0.5, 0.6) is 0 Å². The first kappa shape index (κ1) is 37.4. The number of carbonyl (C=O) groups excluding carboxylic acids is 2. The first-order valence-corrected chi connectivity index (χ1v) is 16.7. The van der Waals surface area contributed by atoms with Gasteiger partial charge >= 0.3 is 11.9 Å². The van der Waals surface area contributed by atoms with Crippen molar-refractivity contribution in [3.63, 3.8) is 0 Å². The first-order valence-electron chi connectivity index (χ1n) is 16.7. The molecule has 0 N–H and O–H groups in total. The minimum absolute atomic E-state index is 0.0674. The third-order valence-electron chi connectivity index (χ3n) is 9.42. The van der Waals surface area contributed by atoms with E-state index in [0.717, 1.165) is 24.2 Å². The Kier molecular flexibility index (Phi) is 11.8. The van der Waals surface area contributed by atoms with Gasteiger partial charge in [-0.05, 0) is 47.7 Å². The van der Waals surface area contributed by atoms with Crippen LogP contribution >= 0.6 is 0 Å². The summed E-state index contributed by atoms with van der Waals surface area (Å²) in [5.41, 5.74) is 1.47. The number of ether oxygens (including phenoxy) is 4. The molecule has 2 aliphatic carbocycles. The summed E-state index contributed by atoms with van der Waals surface area (Å²) in [6, 6.07) is 8.34. The Balaban J connectivity index is 1.50. The van der Waals surface area contributed by atoms with Gasteiger partial charge in [0.1, 0.15) is 60.8 Å². The second-order valence-electron chi connectivity index (χ2n) is 14.4. The molecule has 2 aliphatic heterocycles. The van der Waals surface area contributed by atoms with Gasteiger partial charge in [-0.3, -0.25) is 0 Å². The molecule has 2 fully saturated rings. The van der Waals surface area contributed by atoms with Crippen LogP contribution in [0.15, 0.2) is 70.5 Å². The molecule has 2 heterocycles. The van der Waals surface area contributed by atoms with E-state index in [1.807, 2.05) is 39.8 Å². The SMILES string of the molecule is C=COC1CCN(C2=C(C#N)/C(=C(\C#N)C(=O)OCCOC(=O)/C(C#N)=C3\CC(C)(C)CC(N4CCC(OC=C)C4)=C3C#N)CC(C)(C)C2)C1. The van der Waals surface area contributed by atoms with Crippen LogP contribution in [-0.2, 0) is 28.5 Å². The van der Waals surface area contributed by atoms with Gasteiger partial charge in [-0.2, -0.15) is 21.0 Å². The summed E-state index contributed by atoms with van der Waals surface area (Å²) >= 11 is 0. The predicted octanol–water partition coefficient (Wildman–Crippen LogP) is 5.38. The lowest BCUT2D eigenvalue weighted by atomic mass is 9.72. The highest BCUT2D eigenvalue weighted by atomic mass is 16.6. The third-order valence-corrected chi connectivity index (χ3v) is 9.42. The zero-order valence-corrected chi connectivity index (χ0v) is 29.3. The highest BCUT2D eigenvalue weighted by Gasteiger charge is 2.40. The Bertz CT molecular complexity index is 1590.